The minimum atomic E-state index is -0.949. The normalized spacial score (nSPS) is 50.3. The Hall–Kier alpha value is -1.92. The molecular formula is C27H32O6. The molecule has 176 valence electrons. The summed E-state index contributed by atoms with van der Waals surface area (Å²) in [6, 6.07) is 0. The van der Waals surface area contributed by atoms with Crippen LogP contribution in [0.2, 0.25) is 0 Å². The summed E-state index contributed by atoms with van der Waals surface area (Å²) >= 11 is 0. The highest BCUT2D eigenvalue weighted by atomic mass is 16.6. The van der Waals surface area contributed by atoms with E-state index >= 15 is 0 Å². The van der Waals surface area contributed by atoms with E-state index in [2.05, 4.69) is 26.8 Å². The lowest BCUT2D eigenvalue weighted by molar-refractivity contribution is -0.181. The van der Waals surface area contributed by atoms with E-state index in [-0.39, 0.29) is 52.5 Å². The molecule has 1 N–H and O–H groups in total. The monoisotopic (exact) mass is 452 g/mol. The molecule has 5 aliphatic carbocycles. The first-order valence-corrected chi connectivity index (χ1v) is 12.5. The largest absolute Gasteiger partial charge is 0.478 e. The van der Waals surface area contributed by atoms with Crippen LogP contribution in [0.3, 0.4) is 0 Å². The van der Waals surface area contributed by atoms with Gasteiger partial charge in [0.05, 0.1) is 18.8 Å². The van der Waals surface area contributed by atoms with Crippen molar-refractivity contribution in [1.82, 2.24) is 0 Å². The van der Waals surface area contributed by atoms with Gasteiger partial charge in [-0.15, -0.1) is 0 Å². The molecule has 8 unspecified atom stereocenters. The SMILES string of the molecule is CC(C)C12OC1C1CC13C1(C)CCC4=C(COC4=O)C1C=C1CCC13C2OCC=CC(=O)O. The Bertz CT molecular complexity index is 1080. The number of esters is 1. The van der Waals surface area contributed by atoms with Gasteiger partial charge in [0, 0.05) is 23.0 Å². The van der Waals surface area contributed by atoms with Crippen LogP contribution in [0.15, 0.2) is 34.9 Å². The van der Waals surface area contributed by atoms with Crippen LogP contribution in [0.5, 0.6) is 0 Å². The number of hydrogen-bond acceptors (Lipinski definition) is 5. The molecule has 6 heteroatoms. The third-order valence-electron chi connectivity index (χ3n) is 11.0. The molecule has 2 spiro atoms. The summed E-state index contributed by atoms with van der Waals surface area (Å²) in [5.41, 5.74) is 3.49. The lowest BCUT2D eigenvalue weighted by Gasteiger charge is -2.68. The topological polar surface area (TPSA) is 85.4 Å². The Kier molecular flexibility index (Phi) is 3.72. The van der Waals surface area contributed by atoms with Gasteiger partial charge in [0.1, 0.15) is 12.2 Å². The number of carboxylic acid groups (broad SMARTS) is 1. The quantitative estimate of drug-likeness (QED) is 0.295. The summed E-state index contributed by atoms with van der Waals surface area (Å²) in [7, 11) is 0. The maximum atomic E-state index is 12.4. The Balaban J connectivity index is 1.36. The van der Waals surface area contributed by atoms with E-state index in [9.17, 15) is 9.59 Å². The van der Waals surface area contributed by atoms with E-state index in [1.165, 1.54) is 23.6 Å². The molecule has 3 saturated carbocycles. The zero-order valence-corrected chi connectivity index (χ0v) is 19.6. The van der Waals surface area contributed by atoms with Crippen molar-refractivity contribution in [2.45, 2.75) is 70.7 Å². The minimum absolute atomic E-state index is 0.0429. The summed E-state index contributed by atoms with van der Waals surface area (Å²) in [6.07, 6.45) is 10.6. The number of rotatable bonds is 5. The second kappa shape index (κ2) is 6.01. The zero-order chi connectivity index (χ0) is 23.0. The molecule has 6 nitrogen and oxygen atoms in total. The van der Waals surface area contributed by atoms with E-state index in [4.69, 9.17) is 19.3 Å². The fraction of sp³-hybridized carbons (Fsp3) is 0.704. The van der Waals surface area contributed by atoms with Crippen LogP contribution >= 0.6 is 0 Å². The number of carbonyl (C=O) groups is 2. The average molecular weight is 453 g/mol. The number of hydrogen-bond donors (Lipinski definition) is 1. The van der Waals surface area contributed by atoms with Crippen LogP contribution in [-0.4, -0.2) is 48.1 Å². The predicted molar refractivity (Wildman–Crippen MR) is 118 cm³/mol. The number of ether oxygens (including phenoxy) is 3. The highest BCUT2D eigenvalue weighted by Gasteiger charge is 2.92. The summed E-state index contributed by atoms with van der Waals surface area (Å²) < 4.78 is 18.8. The Labute approximate surface area is 194 Å². The van der Waals surface area contributed by atoms with Crippen LogP contribution < -0.4 is 0 Å². The maximum absolute atomic E-state index is 12.4. The first-order chi connectivity index (χ1) is 15.7. The van der Waals surface area contributed by atoms with E-state index in [1.807, 2.05) is 0 Å². The first kappa shape index (κ1) is 20.5. The van der Waals surface area contributed by atoms with Gasteiger partial charge in [-0.05, 0) is 60.3 Å². The summed E-state index contributed by atoms with van der Waals surface area (Å²) in [5.74, 6) is 0.0677. The molecular weight excluding hydrogens is 420 g/mol. The van der Waals surface area contributed by atoms with Crippen molar-refractivity contribution >= 4 is 11.9 Å². The van der Waals surface area contributed by atoms with Crippen molar-refractivity contribution in [1.29, 1.82) is 0 Å². The Morgan fingerprint density at radius 3 is 2.85 bits per heavy atom. The zero-order valence-electron chi connectivity index (χ0n) is 19.6. The summed E-state index contributed by atoms with van der Waals surface area (Å²) in [4.78, 5) is 23.4. The molecule has 33 heavy (non-hydrogen) atoms. The van der Waals surface area contributed by atoms with Gasteiger partial charge in [-0.3, -0.25) is 0 Å². The van der Waals surface area contributed by atoms with Crippen molar-refractivity contribution in [2.75, 3.05) is 13.2 Å². The van der Waals surface area contributed by atoms with E-state index in [1.54, 1.807) is 6.08 Å². The van der Waals surface area contributed by atoms with Gasteiger partial charge >= 0.3 is 11.9 Å². The van der Waals surface area contributed by atoms with Crippen molar-refractivity contribution in [2.24, 2.45) is 34.0 Å². The molecule has 0 aromatic heterocycles. The van der Waals surface area contributed by atoms with Gasteiger partial charge in [-0.2, -0.15) is 0 Å². The van der Waals surface area contributed by atoms with Crippen molar-refractivity contribution in [3.8, 4) is 0 Å². The molecule has 2 aliphatic heterocycles. The van der Waals surface area contributed by atoms with Gasteiger partial charge < -0.3 is 19.3 Å². The molecule has 8 atom stereocenters. The third-order valence-corrected chi connectivity index (χ3v) is 11.0. The number of allylic oxidation sites excluding steroid dienone is 1. The van der Waals surface area contributed by atoms with Crippen molar-refractivity contribution in [3.05, 3.63) is 34.9 Å². The molecule has 0 aromatic rings. The summed E-state index contributed by atoms with van der Waals surface area (Å²) in [6.45, 7) is 7.68. The lowest BCUT2D eigenvalue weighted by Crippen LogP contribution is -2.68. The average Bonchev–Trinajstić information content (AvgIpc) is 3.63. The van der Waals surface area contributed by atoms with E-state index in [0.29, 0.717) is 18.4 Å². The fourth-order valence-electron chi connectivity index (χ4n) is 9.57. The third kappa shape index (κ3) is 2.03. The number of epoxide rings is 1. The molecule has 7 rings (SSSR count). The second-order valence-corrected chi connectivity index (χ2v) is 11.9. The van der Waals surface area contributed by atoms with Gasteiger partial charge in [0.2, 0.25) is 0 Å². The molecule has 1 saturated heterocycles. The number of carbonyl (C=O) groups excluding carboxylic acids is 1. The molecule has 0 aromatic carbocycles. The van der Waals surface area contributed by atoms with Crippen LogP contribution in [0.1, 0.15) is 52.9 Å². The molecule has 4 fully saturated rings. The second-order valence-electron chi connectivity index (χ2n) is 11.9. The molecule has 0 bridgehead atoms. The van der Waals surface area contributed by atoms with Gasteiger partial charge in [-0.1, -0.05) is 38.5 Å². The minimum Gasteiger partial charge on any atom is -0.478 e. The van der Waals surface area contributed by atoms with Gasteiger partial charge in [-0.25, -0.2) is 9.59 Å². The number of fused-ring (bicyclic) bond motifs is 4. The first-order valence-electron chi connectivity index (χ1n) is 12.5. The molecule has 7 aliphatic rings. The van der Waals surface area contributed by atoms with Crippen LogP contribution in [0.25, 0.3) is 0 Å². The molecule has 0 radical (unpaired) electrons. The summed E-state index contributed by atoms with van der Waals surface area (Å²) in [5, 5.41) is 9.03. The number of cyclic esters (lactones) is 1. The smallest absolute Gasteiger partial charge is 0.334 e. The molecule has 0 amide bonds. The number of carboxylic acids is 1. The maximum Gasteiger partial charge on any atom is 0.334 e. The lowest BCUT2D eigenvalue weighted by atomic mass is 9.36. The number of aliphatic carboxylic acids is 1. The van der Waals surface area contributed by atoms with Gasteiger partial charge in [0.15, 0.2) is 0 Å². The molecule has 2 heterocycles. The van der Waals surface area contributed by atoms with Crippen LogP contribution in [0.4, 0.5) is 0 Å². The highest BCUT2D eigenvalue weighted by Crippen LogP contribution is 2.91. The Morgan fingerprint density at radius 1 is 1.33 bits per heavy atom. The van der Waals surface area contributed by atoms with Crippen LogP contribution in [0, 0.1) is 34.0 Å². The Morgan fingerprint density at radius 2 is 2.15 bits per heavy atom. The van der Waals surface area contributed by atoms with Crippen molar-refractivity contribution < 1.29 is 28.9 Å². The van der Waals surface area contributed by atoms with Crippen molar-refractivity contribution in [3.63, 3.8) is 0 Å². The van der Waals surface area contributed by atoms with Gasteiger partial charge in [0.25, 0.3) is 0 Å². The van der Waals surface area contributed by atoms with E-state index < -0.39 is 5.97 Å². The van der Waals surface area contributed by atoms with E-state index in [0.717, 1.165) is 31.3 Å². The fourth-order valence-corrected chi connectivity index (χ4v) is 9.57. The standard InChI is InChI=1S/C27H32O6/c1-14(2)27-21(33-27)19-12-26(19)24(3)8-7-16-17(13-32-22(16)30)18(24)11-15-6-9-25(15,26)23(27)31-10-4-5-20(28)29/h4-5,11,14,18-19,21,23H,6-10,12-13H2,1-3H3,(H,28,29). The highest BCUT2D eigenvalue weighted by molar-refractivity contribution is 5.92. The van der Waals surface area contributed by atoms with Crippen LogP contribution in [-0.2, 0) is 23.8 Å². The predicted octanol–water partition coefficient (Wildman–Crippen LogP) is 3.82.